The summed E-state index contributed by atoms with van der Waals surface area (Å²) in [6.45, 7) is 0.0840. The lowest BCUT2D eigenvalue weighted by molar-refractivity contribution is -0.126. The van der Waals surface area contributed by atoms with Crippen molar-refractivity contribution in [2.45, 2.75) is 44.2 Å². The molecule has 0 saturated heterocycles. The Morgan fingerprint density at radius 1 is 0.977 bits per heavy atom. The zero-order valence-electron chi connectivity index (χ0n) is 24.7. The van der Waals surface area contributed by atoms with Gasteiger partial charge in [0.15, 0.2) is 17.2 Å². The summed E-state index contributed by atoms with van der Waals surface area (Å²) in [5, 5.41) is 3.14. The number of hydrogen-bond donors (Lipinski definition) is 3. The van der Waals surface area contributed by atoms with E-state index in [1.807, 2.05) is 12.1 Å². The number of hydrogen-bond acceptors (Lipinski definition) is 10. The van der Waals surface area contributed by atoms with E-state index in [0.717, 1.165) is 42.8 Å². The molecule has 1 unspecified atom stereocenters. The van der Waals surface area contributed by atoms with E-state index in [9.17, 15) is 14.4 Å². The Hall–Kier alpha value is -4.52. The van der Waals surface area contributed by atoms with Crippen LogP contribution in [0.25, 0.3) is 0 Å². The van der Waals surface area contributed by atoms with Crippen molar-refractivity contribution in [3.63, 3.8) is 0 Å². The molecule has 0 bridgehead atoms. The Bertz CT molecular complexity index is 1470. The number of nitrogen functional groups attached to an aromatic ring is 1. The van der Waals surface area contributed by atoms with Gasteiger partial charge >= 0.3 is 0 Å². The fourth-order valence-electron chi connectivity index (χ4n) is 5.25. The first-order valence-electron chi connectivity index (χ1n) is 13.8. The zero-order chi connectivity index (χ0) is 31.1. The van der Waals surface area contributed by atoms with Gasteiger partial charge in [0.05, 0.1) is 34.1 Å². The van der Waals surface area contributed by atoms with Crippen LogP contribution < -0.4 is 35.7 Å². The third-order valence-electron chi connectivity index (χ3n) is 7.50. The van der Waals surface area contributed by atoms with Crippen LogP contribution in [-0.2, 0) is 11.2 Å². The molecule has 5 N–H and O–H groups in total. The Morgan fingerprint density at radius 3 is 2.26 bits per heavy atom. The fourth-order valence-corrected chi connectivity index (χ4v) is 6.01. The summed E-state index contributed by atoms with van der Waals surface area (Å²) >= 11 is 0.757. The topological polar surface area (TPSA) is 168 Å². The smallest absolute Gasteiger partial charge is 0.270 e. The Labute approximate surface area is 254 Å². The number of aromatic nitrogens is 1. The highest BCUT2D eigenvalue weighted by Crippen LogP contribution is 2.36. The number of nitrogens with two attached hydrogens (primary N) is 2. The molecule has 1 saturated carbocycles. The number of carbonyl (C=O) groups is 3. The molecule has 0 aliphatic heterocycles. The van der Waals surface area contributed by atoms with Gasteiger partial charge in [-0.3, -0.25) is 14.4 Å². The summed E-state index contributed by atoms with van der Waals surface area (Å²) in [5.74, 6) is 0.152. The zero-order valence-corrected chi connectivity index (χ0v) is 25.5. The van der Waals surface area contributed by atoms with Crippen LogP contribution in [0.4, 0.5) is 5.69 Å². The van der Waals surface area contributed by atoms with Crippen LogP contribution >= 0.6 is 11.5 Å². The standard InChI is InChI=1S/C30H37N5O7S/c1-39-19-10-12-21(40-2)20(16-19)26(29(37)33-18-7-5-6-8-18)35(30(38)27-24(31)25(28(32)36)34-43-27)14-13-17-9-11-22(41-3)23(15-17)42-4/h9-12,15-16,18,26H,5-8,13-14,31H2,1-4H3,(H2,32,36)(H,33,37). The second kappa shape index (κ2) is 14.1. The SMILES string of the molecule is COc1ccc(OC)c(C(C(=O)NC2CCCC2)N(CCc2ccc(OC)c(OC)c2)C(=O)c2snc(C(N)=O)c2N)c1. The monoisotopic (exact) mass is 611 g/mol. The van der Waals surface area contributed by atoms with Gasteiger partial charge in [-0.15, -0.1) is 0 Å². The van der Waals surface area contributed by atoms with Gasteiger partial charge < -0.3 is 40.6 Å². The third-order valence-corrected chi connectivity index (χ3v) is 8.35. The van der Waals surface area contributed by atoms with Crippen molar-refractivity contribution in [3.05, 3.63) is 58.1 Å². The van der Waals surface area contributed by atoms with Gasteiger partial charge in [-0.25, -0.2) is 0 Å². The van der Waals surface area contributed by atoms with Crippen LogP contribution in [0.1, 0.15) is 63.0 Å². The number of rotatable bonds is 13. The van der Waals surface area contributed by atoms with Gasteiger partial charge in [0.1, 0.15) is 22.4 Å². The van der Waals surface area contributed by atoms with Crippen LogP contribution in [0.2, 0.25) is 0 Å². The van der Waals surface area contributed by atoms with Crippen LogP contribution in [0.5, 0.6) is 23.0 Å². The molecule has 2 aromatic carbocycles. The number of carbonyl (C=O) groups excluding carboxylic acids is 3. The van der Waals surface area contributed by atoms with Crippen LogP contribution in [-0.4, -0.2) is 68.0 Å². The van der Waals surface area contributed by atoms with Crippen molar-refractivity contribution in [1.29, 1.82) is 0 Å². The summed E-state index contributed by atoms with van der Waals surface area (Å²) in [4.78, 5) is 41.8. The maximum Gasteiger partial charge on any atom is 0.270 e. The molecule has 1 aliphatic rings. The Morgan fingerprint density at radius 2 is 1.65 bits per heavy atom. The highest BCUT2D eigenvalue weighted by molar-refractivity contribution is 7.09. The molecule has 0 spiro atoms. The van der Waals surface area contributed by atoms with Gasteiger partial charge in [-0.05, 0) is 66.7 Å². The van der Waals surface area contributed by atoms with E-state index in [1.54, 1.807) is 38.5 Å². The summed E-state index contributed by atoms with van der Waals surface area (Å²) < 4.78 is 26.0. The largest absolute Gasteiger partial charge is 0.497 e. The molecule has 1 fully saturated rings. The molecule has 3 aromatic rings. The Balaban J connectivity index is 1.83. The van der Waals surface area contributed by atoms with Crippen molar-refractivity contribution >= 4 is 34.9 Å². The average molecular weight is 612 g/mol. The number of nitrogens with zero attached hydrogens (tertiary/aromatic N) is 2. The van der Waals surface area contributed by atoms with Gasteiger partial charge in [0, 0.05) is 18.2 Å². The summed E-state index contributed by atoms with van der Waals surface area (Å²) in [6.07, 6.45) is 4.04. The summed E-state index contributed by atoms with van der Waals surface area (Å²) in [5.41, 5.74) is 12.6. The number of primary amides is 1. The number of ether oxygens (including phenoxy) is 4. The van der Waals surface area contributed by atoms with Gasteiger partial charge in [-0.1, -0.05) is 18.9 Å². The van der Waals surface area contributed by atoms with Crippen LogP contribution in [0.3, 0.4) is 0 Å². The van der Waals surface area contributed by atoms with E-state index < -0.39 is 17.9 Å². The van der Waals surface area contributed by atoms with Crippen molar-refractivity contribution < 1.29 is 33.3 Å². The molecule has 1 aromatic heterocycles. The van der Waals surface area contributed by atoms with Crippen molar-refractivity contribution in [1.82, 2.24) is 14.6 Å². The molecule has 12 nitrogen and oxygen atoms in total. The number of amides is 3. The molecule has 1 heterocycles. The maximum absolute atomic E-state index is 14.3. The lowest BCUT2D eigenvalue weighted by Crippen LogP contribution is -2.47. The summed E-state index contributed by atoms with van der Waals surface area (Å²) in [7, 11) is 6.10. The van der Waals surface area contributed by atoms with E-state index in [-0.39, 0.29) is 34.8 Å². The molecule has 4 rings (SSSR count). The molecule has 1 atom stereocenters. The molecular formula is C30H37N5O7S. The number of nitrogens with one attached hydrogen (secondary N) is 1. The maximum atomic E-state index is 14.3. The number of methoxy groups -OCH3 is 4. The van der Waals surface area contributed by atoms with Crippen LogP contribution in [0, 0.1) is 0 Å². The Kier molecular flexibility index (Phi) is 10.3. The molecule has 13 heteroatoms. The molecule has 0 radical (unpaired) electrons. The van der Waals surface area contributed by atoms with E-state index in [2.05, 4.69) is 9.69 Å². The van der Waals surface area contributed by atoms with E-state index in [1.165, 1.54) is 19.1 Å². The lowest BCUT2D eigenvalue weighted by Gasteiger charge is -2.33. The number of benzene rings is 2. The molecular weight excluding hydrogens is 574 g/mol. The predicted molar refractivity (Wildman–Crippen MR) is 162 cm³/mol. The van der Waals surface area contributed by atoms with E-state index in [0.29, 0.717) is 35.0 Å². The number of anilines is 1. The second-order valence-corrected chi connectivity index (χ2v) is 10.8. The van der Waals surface area contributed by atoms with Crippen molar-refractivity contribution in [2.75, 3.05) is 40.7 Å². The van der Waals surface area contributed by atoms with Gasteiger partial charge in [0.2, 0.25) is 5.91 Å². The molecule has 43 heavy (non-hydrogen) atoms. The average Bonchev–Trinajstić information content (AvgIpc) is 3.67. The quantitative estimate of drug-likeness (QED) is 0.262. The van der Waals surface area contributed by atoms with E-state index >= 15 is 0 Å². The first-order valence-corrected chi connectivity index (χ1v) is 14.6. The second-order valence-electron chi connectivity index (χ2n) is 10.1. The molecule has 230 valence electrons. The lowest BCUT2D eigenvalue weighted by atomic mass is 10.00. The summed E-state index contributed by atoms with van der Waals surface area (Å²) in [6, 6.07) is 9.36. The van der Waals surface area contributed by atoms with Gasteiger partial charge in [0.25, 0.3) is 11.8 Å². The fraction of sp³-hybridized carbons (Fsp3) is 0.400. The first kappa shape index (κ1) is 31.4. The van der Waals surface area contributed by atoms with Crippen molar-refractivity contribution in [2.24, 2.45) is 5.73 Å². The molecule has 3 amide bonds. The first-order chi connectivity index (χ1) is 20.7. The van der Waals surface area contributed by atoms with Crippen LogP contribution in [0.15, 0.2) is 36.4 Å². The highest BCUT2D eigenvalue weighted by atomic mass is 32.1. The van der Waals surface area contributed by atoms with E-state index in [4.69, 9.17) is 30.4 Å². The normalized spacial score (nSPS) is 13.7. The van der Waals surface area contributed by atoms with Gasteiger partial charge in [-0.2, -0.15) is 4.37 Å². The predicted octanol–water partition coefficient (Wildman–Crippen LogP) is 3.34. The molecule has 1 aliphatic carbocycles. The third kappa shape index (κ3) is 6.94. The minimum Gasteiger partial charge on any atom is -0.497 e. The minimum absolute atomic E-state index is 0.00152. The van der Waals surface area contributed by atoms with Crippen molar-refractivity contribution in [3.8, 4) is 23.0 Å². The minimum atomic E-state index is -1.14. The highest BCUT2D eigenvalue weighted by Gasteiger charge is 2.37.